The maximum Gasteiger partial charge on any atom is 0.0547 e. The van der Waals surface area contributed by atoms with E-state index in [4.69, 9.17) is 4.98 Å². The van der Waals surface area contributed by atoms with Crippen LogP contribution in [0.5, 0.6) is 0 Å². The van der Waals surface area contributed by atoms with Gasteiger partial charge in [0.1, 0.15) is 0 Å². The number of aromatic nitrogens is 1. The van der Waals surface area contributed by atoms with Crippen molar-refractivity contribution in [3.63, 3.8) is 0 Å². The van der Waals surface area contributed by atoms with E-state index in [9.17, 15) is 0 Å². The lowest BCUT2D eigenvalue weighted by Crippen LogP contribution is -2.38. The first-order chi connectivity index (χ1) is 9.17. The van der Waals surface area contributed by atoms with Gasteiger partial charge in [-0.25, -0.2) is 0 Å². The second kappa shape index (κ2) is 7.01. The van der Waals surface area contributed by atoms with Crippen LogP contribution in [0, 0.1) is 11.8 Å². The van der Waals surface area contributed by atoms with Gasteiger partial charge in [0.05, 0.1) is 11.4 Å². The van der Waals surface area contributed by atoms with Crippen LogP contribution >= 0.6 is 0 Å². The summed E-state index contributed by atoms with van der Waals surface area (Å²) in [7, 11) is 0. The van der Waals surface area contributed by atoms with Crippen LogP contribution in [0.15, 0.2) is 18.2 Å². The topological polar surface area (TPSA) is 28.2 Å². The number of hydrogen-bond acceptors (Lipinski definition) is 3. The molecule has 1 aromatic rings. The van der Waals surface area contributed by atoms with E-state index in [-0.39, 0.29) is 0 Å². The highest BCUT2D eigenvalue weighted by Crippen LogP contribution is 2.22. The monoisotopic (exact) mass is 261 g/mol. The summed E-state index contributed by atoms with van der Waals surface area (Å²) in [4.78, 5) is 7.30. The third kappa shape index (κ3) is 4.59. The molecule has 2 atom stereocenters. The maximum absolute atomic E-state index is 4.75. The lowest BCUT2D eigenvalue weighted by Gasteiger charge is -2.34. The zero-order chi connectivity index (χ0) is 13.7. The van der Waals surface area contributed by atoms with Gasteiger partial charge in [-0.1, -0.05) is 26.8 Å². The lowest BCUT2D eigenvalue weighted by molar-refractivity contribution is 0.133. The number of pyridine rings is 1. The lowest BCUT2D eigenvalue weighted by atomic mass is 9.92. The van der Waals surface area contributed by atoms with Gasteiger partial charge in [-0.3, -0.25) is 9.88 Å². The normalized spacial score (nSPS) is 24.6. The van der Waals surface area contributed by atoms with Crippen LogP contribution in [0.25, 0.3) is 0 Å². The second-order valence-electron chi connectivity index (χ2n) is 6.04. The van der Waals surface area contributed by atoms with Gasteiger partial charge in [-0.05, 0) is 36.9 Å². The summed E-state index contributed by atoms with van der Waals surface area (Å²) in [5.41, 5.74) is 2.36. The van der Waals surface area contributed by atoms with E-state index >= 15 is 0 Å². The van der Waals surface area contributed by atoms with Gasteiger partial charge in [-0.15, -0.1) is 0 Å². The molecule has 0 saturated carbocycles. The second-order valence-corrected chi connectivity index (χ2v) is 6.04. The van der Waals surface area contributed by atoms with Crippen molar-refractivity contribution in [3.8, 4) is 0 Å². The third-order valence-corrected chi connectivity index (χ3v) is 3.75. The molecule has 2 heterocycles. The van der Waals surface area contributed by atoms with Crippen LogP contribution in [-0.2, 0) is 13.1 Å². The predicted octanol–water partition coefficient (Wildman–Crippen LogP) is 2.67. The van der Waals surface area contributed by atoms with Gasteiger partial charge < -0.3 is 5.32 Å². The van der Waals surface area contributed by atoms with Crippen molar-refractivity contribution >= 4 is 0 Å². The number of piperidine rings is 1. The number of hydrogen-bond donors (Lipinski definition) is 1. The van der Waals surface area contributed by atoms with Crippen molar-refractivity contribution in [1.29, 1.82) is 0 Å². The summed E-state index contributed by atoms with van der Waals surface area (Å²) in [6, 6.07) is 6.39. The summed E-state index contributed by atoms with van der Waals surface area (Å²) >= 11 is 0. The van der Waals surface area contributed by atoms with Crippen LogP contribution in [0.3, 0.4) is 0 Å². The molecule has 0 aliphatic carbocycles. The molecule has 1 aromatic heterocycles. The van der Waals surface area contributed by atoms with E-state index < -0.39 is 0 Å². The Bertz CT molecular complexity index is 381. The zero-order valence-corrected chi connectivity index (χ0v) is 12.5. The fourth-order valence-electron chi connectivity index (χ4n) is 3.12. The van der Waals surface area contributed by atoms with Gasteiger partial charge >= 0.3 is 0 Å². The molecule has 1 N–H and O–H groups in total. The molecule has 3 nitrogen and oxygen atoms in total. The van der Waals surface area contributed by atoms with Crippen LogP contribution in [0.4, 0.5) is 0 Å². The molecule has 1 aliphatic rings. The highest BCUT2D eigenvalue weighted by atomic mass is 15.1. The molecule has 0 radical (unpaired) electrons. The van der Waals surface area contributed by atoms with Crippen LogP contribution in [0.1, 0.15) is 38.6 Å². The summed E-state index contributed by atoms with van der Waals surface area (Å²) < 4.78 is 0. The molecule has 106 valence electrons. The van der Waals surface area contributed by atoms with Crippen LogP contribution < -0.4 is 5.32 Å². The molecule has 2 unspecified atom stereocenters. The van der Waals surface area contributed by atoms with Crippen molar-refractivity contribution < 1.29 is 0 Å². The van der Waals surface area contributed by atoms with Crippen molar-refractivity contribution in [2.45, 2.75) is 40.3 Å². The summed E-state index contributed by atoms with van der Waals surface area (Å²) in [6.07, 6.45) is 1.37. The van der Waals surface area contributed by atoms with Crippen molar-refractivity contribution in [1.82, 2.24) is 15.2 Å². The zero-order valence-electron chi connectivity index (χ0n) is 12.5. The highest BCUT2D eigenvalue weighted by Gasteiger charge is 2.21. The molecule has 2 rings (SSSR count). The molecule has 1 saturated heterocycles. The van der Waals surface area contributed by atoms with E-state index in [0.29, 0.717) is 0 Å². The molecule has 0 bridgehead atoms. The molecule has 1 fully saturated rings. The average Bonchev–Trinajstić information content (AvgIpc) is 2.35. The Morgan fingerprint density at radius 2 is 1.89 bits per heavy atom. The van der Waals surface area contributed by atoms with Gasteiger partial charge in [0.25, 0.3) is 0 Å². The van der Waals surface area contributed by atoms with Gasteiger partial charge in [0, 0.05) is 26.2 Å². The quantitative estimate of drug-likeness (QED) is 0.883. The van der Waals surface area contributed by atoms with Crippen molar-refractivity contribution in [3.05, 3.63) is 29.6 Å². The summed E-state index contributed by atoms with van der Waals surface area (Å²) in [5, 5.41) is 3.33. The molecule has 3 heteroatoms. The van der Waals surface area contributed by atoms with Crippen LogP contribution in [-0.4, -0.2) is 29.5 Å². The minimum Gasteiger partial charge on any atom is -0.311 e. The fourth-order valence-corrected chi connectivity index (χ4v) is 3.12. The Morgan fingerprint density at radius 3 is 2.58 bits per heavy atom. The molecule has 0 amide bonds. The number of likely N-dealkylation sites (tertiary alicyclic amines) is 1. The molecule has 19 heavy (non-hydrogen) atoms. The first-order valence-corrected chi connectivity index (χ1v) is 7.55. The Labute approximate surface area is 117 Å². The van der Waals surface area contributed by atoms with Gasteiger partial charge in [0.15, 0.2) is 0 Å². The summed E-state index contributed by atoms with van der Waals surface area (Å²) in [5.74, 6) is 1.63. The Kier molecular flexibility index (Phi) is 5.34. The largest absolute Gasteiger partial charge is 0.311 e. The first-order valence-electron chi connectivity index (χ1n) is 7.55. The van der Waals surface area contributed by atoms with E-state index in [0.717, 1.165) is 37.2 Å². The SMILES string of the molecule is CCNCc1cccc(CN2CC(C)CC(C)C2)n1. The molecular formula is C16H27N3. The predicted molar refractivity (Wildman–Crippen MR) is 79.8 cm³/mol. The molecule has 0 spiro atoms. The van der Waals surface area contributed by atoms with E-state index in [2.05, 4.69) is 49.2 Å². The van der Waals surface area contributed by atoms with Crippen molar-refractivity contribution in [2.75, 3.05) is 19.6 Å². The van der Waals surface area contributed by atoms with E-state index in [1.54, 1.807) is 0 Å². The first kappa shape index (κ1) is 14.5. The highest BCUT2D eigenvalue weighted by molar-refractivity contribution is 5.11. The third-order valence-electron chi connectivity index (χ3n) is 3.75. The Balaban J connectivity index is 1.94. The van der Waals surface area contributed by atoms with E-state index in [1.165, 1.54) is 25.2 Å². The smallest absolute Gasteiger partial charge is 0.0547 e. The Hall–Kier alpha value is -0.930. The maximum atomic E-state index is 4.75. The Morgan fingerprint density at radius 1 is 1.21 bits per heavy atom. The number of rotatable bonds is 5. The average molecular weight is 261 g/mol. The molecule has 1 aliphatic heterocycles. The van der Waals surface area contributed by atoms with Crippen LogP contribution in [0.2, 0.25) is 0 Å². The minimum absolute atomic E-state index is 0.814. The fraction of sp³-hybridized carbons (Fsp3) is 0.688. The standard InChI is InChI=1S/C16H27N3/c1-4-17-9-15-6-5-7-16(18-15)12-19-10-13(2)8-14(3)11-19/h5-7,13-14,17H,4,8-12H2,1-3H3. The number of nitrogens with zero attached hydrogens (tertiary/aromatic N) is 2. The molecule has 0 aromatic carbocycles. The summed E-state index contributed by atoms with van der Waals surface area (Å²) in [6.45, 7) is 12.1. The van der Waals surface area contributed by atoms with Gasteiger partial charge in [0.2, 0.25) is 0 Å². The van der Waals surface area contributed by atoms with E-state index in [1.807, 2.05) is 0 Å². The minimum atomic E-state index is 0.814. The number of nitrogens with one attached hydrogen (secondary N) is 1. The molecular weight excluding hydrogens is 234 g/mol. The van der Waals surface area contributed by atoms with Gasteiger partial charge in [-0.2, -0.15) is 0 Å². The van der Waals surface area contributed by atoms with Crippen molar-refractivity contribution in [2.24, 2.45) is 11.8 Å².